The van der Waals surface area contributed by atoms with Gasteiger partial charge in [-0.05, 0) is 43.5 Å². The fourth-order valence-corrected chi connectivity index (χ4v) is 3.98. The van der Waals surface area contributed by atoms with Crippen molar-refractivity contribution in [3.8, 4) is 11.4 Å². The van der Waals surface area contributed by atoms with Crippen molar-refractivity contribution in [3.05, 3.63) is 54.1 Å². The van der Waals surface area contributed by atoms with Crippen molar-refractivity contribution in [3.63, 3.8) is 0 Å². The highest BCUT2D eigenvalue weighted by Crippen LogP contribution is 2.35. The van der Waals surface area contributed by atoms with Crippen molar-refractivity contribution >= 4 is 23.2 Å². The maximum absolute atomic E-state index is 13.4. The molecule has 0 bridgehead atoms. The standard InChI is InChI=1S/C23H25F3N8O/c1-2-22(28)7-11-34(12-8-22)16-6-4-10-30-20(16)33-21(35)18-19(27)31-13-15(32-18)17-14(23(24,25)26)5-3-9-29-17/h3-6,9-10,13H,2,7-8,11-12,28H2,1H3,(H2,27,31)(H,30,33,35). The van der Waals surface area contributed by atoms with Crippen LogP contribution in [0.15, 0.2) is 42.9 Å². The lowest BCUT2D eigenvalue weighted by Crippen LogP contribution is -2.50. The van der Waals surface area contributed by atoms with Crippen LogP contribution in [0.2, 0.25) is 0 Å². The molecule has 5 N–H and O–H groups in total. The minimum Gasteiger partial charge on any atom is -0.382 e. The van der Waals surface area contributed by atoms with Gasteiger partial charge in [-0.3, -0.25) is 9.78 Å². The van der Waals surface area contributed by atoms with Gasteiger partial charge in [-0.1, -0.05) is 6.92 Å². The van der Waals surface area contributed by atoms with Gasteiger partial charge in [0.05, 0.1) is 17.4 Å². The van der Waals surface area contributed by atoms with Crippen LogP contribution in [0.5, 0.6) is 0 Å². The Bertz CT molecular complexity index is 1230. The number of pyridine rings is 2. The molecule has 3 aromatic rings. The predicted octanol–water partition coefficient (Wildman–Crippen LogP) is 3.49. The zero-order valence-corrected chi connectivity index (χ0v) is 19.0. The summed E-state index contributed by atoms with van der Waals surface area (Å²) in [4.78, 5) is 31.2. The summed E-state index contributed by atoms with van der Waals surface area (Å²) in [7, 11) is 0. The highest BCUT2D eigenvalue weighted by molar-refractivity contribution is 6.06. The molecule has 0 aliphatic carbocycles. The normalized spacial score (nSPS) is 15.6. The molecule has 1 aliphatic heterocycles. The van der Waals surface area contributed by atoms with E-state index >= 15 is 0 Å². The zero-order valence-electron chi connectivity index (χ0n) is 19.0. The number of piperidine rings is 1. The average molecular weight is 487 g/mol. The third kappa shape index (κ3) is 5.16. The van der Waals surface area contributed by atoms with E-state index in [1.807, 2.05) is 6.07 Å². The van der Waals surface area contributed by atoms with E-state index in [0.29, 0.717) is 18.8 Å². The van der Waals surface area contributed by atoms with Crippen LogP contribution in [0.4, 0.5) is 30.5 Å². The third-order valence-corrected chi connectivity index (χ3v) is 6.19. The number of aromatic nitrogens is 4. The molecule has 0 radical (unpaired) electrons. The number of nitrogen functional groups attached to an aromatic ring is 1. The largest absolute Gasteiger partial charge is 0.418 e. The number of carbonyl (C=O) groups is 1. The van der Waals surface area contributed by atoms with Crippen LogP contribution in [-0.2, 0) is 6.18 Å². The SMILES string of the molecule is CCC1(N)CCN(c2cccnc2NC(=O)c2nc(-c3ncccc3C(F)(F)F)cnc2N)CC1. The molecule has 0 aromatic carbocycles. The number of hydrogen-bond donors (Lipinski definition) is 3. The summed E-state index contributed by atoms with van der Waals surface area (Å²) in [5.41, 5.74) is 10.7. The van der Waals surface area contributed by atoms with Gasteiger partial charge in [-0.25, -0.2) is 15.0 Å². The molecule has 12 heteroatoms. The van der Waals surface area contributed by atoms with Gasteiger partial charge >= 0.3 is 6.18 Å². The number of amides is 1. The highest BCUT2D eigenvalue weighted by Gasteiger charge is 2.35. The molecule has 1 amide bonds. The summed E-state index contributed by atoms with van der Waals surface area (Å²) in [6.07, 6.45) is 1.57. The lowest BCUT2D eigenvalue weighted by Gasteiger charge is -2.40. The Morgan fingerprint density at radius 1 is 1.14 bits per heavy atom. The molecule has 0 atom stereocenters. The first-order valence-corrected chi connectivity index (χ1v) is 11.1. The Morgan fingerprint density at radius 3 is 2.51 bits per heavy atom. The number of nitrogens with one attached hydrogen (secondary N) is 1. The number of hydrogen-bond acceptors (Lipinski definition) is 8. The molecule has 9 nitrogen and oxygen atoms in total. The predicted molar refractivity (Wildman–Crippen MR) is 126 cm³/mol. The second-order valence-corrected chi connectivity index (χ2v) is 8.41. The third-order valence-electron chi connectivity index (χ3n) is 6.19. The molecule has 0 saturated carbocycles. The molecule has 35 heavy (non-hydrogen) atoms. The van der Waals surface area contributed by atoms with Crippen molar-refractivity contribution in [1.29, 1.82) is 0 Å². The van der Waals surface area contributed by atoms with Gasteiger partial charge in [0.15, 0.2) is 17.3 Å². The number of halogens is 3. The van der Waals surface area contributed by atoms with Gasteiger partial charge < -0.3 is 21.7 Å². The molecule has 0 spiro atoms. The monoisotopic (exact) mass is 486 g/mol. The topological polar surface area (TPSA) is 136 Å². The van der Waals surface area contributed by atoms with Crippen molar-refractivity contribution in [2.75, 3.05) is 29.0 Å². The summed E-state index contributed by atoms with van der Waals surface area (Å²) in [5.74, 6) is -0.707. The Morgan fingerprint density at radius 2 is 1.83 bits per heavy atom. The van der Waals surface area contributed by atoms with Crippen LogP contribution in [0.3, 0.4) is 0 Å². The molecule has 184 valence electrons. The summed E-state index contributed by atoms with van der Waals surface area (Å²) < 4.78 is 40.3. The van der Waals surface area contributed by atoms with Gasteiger partial charge in [0.2, 0.25) is 0 Å². The molecule has 3 aromatic heterocycles. The van der Waals surface area contributed by atoms with Gasteiger partial charge in [-0.15, -0.1) is 0 Å². The number of nitrogens with two attached hydrogens (primary N) is 2. The molecular formula is C23H25F3N8O. The number of alkyl halides is 3. The van der Waals surface area contributed by atoms with E-state index in [0.717, 1.165) is 31.5 Å². The molecule has 4 rings (SSSR count). The zero-order chi connectivity index (χ0) is 25.2. The maximum Gasteiger partial charge on any atom is 0.418 e. The minimum absolute atomic E-state index is 0.215. The quantitative estimate of drug-likeness (QED) is 0.499. The summed E-state index contributed by atoms with van der Waals surface area (Å²) in [6, 6.07) is 5.63. The molecule has 0 unspecified atom stereocenters. The van der Waals surface area contributed by atoms with E-state index in [2.05, 4.69) is 37.1 Å². The lowest BCUT2D eigenvalue weighted by molar-refractivity contribution is -0.137. The number of carbonyl (C=O) groups excluding carboxylic acids is 1. The average Bonchev–Trinajstić information content (AvgIpc) is 2.85. The lowest BCUT2D eigenvalue weighted by atomic mass is 9.86. The van der Waals surface area contributed by atoms with E-state index < -0.39 is 23.3 Å². The second kappa shape index (κ2) is 9.45. The highest BCUT2D eigenvalue weighted by atomic mass is 19.4. The van der Waals surface area contributed by atoms with Crippen molar-refractivity contribution in [1.82, 2.24) is 19.9 Å². The number of anilines is 3. The van der Waals surface area contributed by atoms with Gasteiger partial charge in [-0.2, -0.15) is 13.2 Å². The first-order chi connectivity index (χ1) is 16.6. The maximum atomic E-state index is 13.4. The second-order valence-electron chi connectivity index (χ2n) is 8.41. The first-order valence-electron chi connectivity index (χ1n) is 11.1. The fourth-order valence-electron chi connectivity index (χ4n) is 3.98. The van der Waals surface area contributed by atoms with Crippen LogP contribution >= 0.6 is 0 Å². The molecular weight excluding hydrogens is 461 g/mol. The molecule has 4 heterocycles. The van der Waals surface area contributed by atoms with E-state index in [9.17, 15) is 18.0 Å². The fraction of sp³-hybridized carbons (Fsp3) is 0.348. The van der Waals surface area contributed by atoms with E-state index in [4.69, 9.17) is 11.5 Å². The van der Waals surface area contributed by atoms with E-state index in [1.165, 1.54) is 18.5 Å². The first kappa shape index (κ1) is 24.3. The van der Waals surface area contributed by atoms with E-state index in [1.54, 1.807) is 6.07 Å². The van der Waals surface area contributed by atoms with Gasteiger partial charge in [0, 0.05) is 31.0 Å². The van der Waals surface area contributed by atoms with Gasteiger partial charge in [0.1, 0.15) is 11.4 Å². The summed E-state index contributed by atoms with van der Waals surface area (Å²) >= 11 is 0. The summed E-state index contributed by atoms with van der Waals surface area (Å²) in [5, 5.41) is 2.68. The molecule has 1 aliphatic rings. The molecule has 1 fully saturated rings. The molecule has 1 saturated heterocycles. The van der Waals surface area contributed by atoms with Crippen LogP contribution in [-0.4, -0.2) is 44.5 Å². The Labute approximate surface area is 199 Å². The van der Waals surface area contributed by atoms with E-state index in [-0.39, 0.29) is 28.6 Å². The van der Waals surface area contributed by atoms with Crippen LogP contribution in [0.25, 0.3) is 11.4 Å². The Hall–Kier alpha value is -3.80. The van der Waals surface area contributed by atoms with Crippen LogP contribution < -0.4 is 21.7 Å². The Balaban J connectivity index is 1.61. The Kier molecular flexibility index (Phi) is 6.57. The minimum atomic E-state index is -4.66. The van der Waals surface area contributed by atoms with Crippen molar-refractivity contribution in [2.45, 2.75) is 37.9 Å². The number of rotatable bonds is 5. The van der Waals surface area contributed by atoms with Gasteiger partial charge in [0.25, 0.3) is 5.91 Å². The van der Waals surface area contributed by atoms with Crippen LogP contribution in [0, 0.1) is 0 Å². The summed E-state index contributed by atoms with van der Waals surface area (Å²) in [6.45, 7) is 3.44. The van der Waals surface area contributed by atoms with Crippen molar-refractivity contribution < 1.29 is 18.0 Å². The van der Waals surface area contributed by atoms with Crippen LogP contribution in [0.1, 0.15) is 42.2 Å². The number of nitrogens with zero attached hydrogens (tertiary/aromatic N) is 5. The smallest absolute Gasteiger partial charge is 0.382 e. The van der Waals surface area contributed by atoms with Crippen molar-refractivity contribution in [2.24, 2.45) is 5.73 Å².